The number of aromatic nitrogens is 4. The van der Waals surface area contributed by atoms with Crippen LogP contribution in [0.25, 0.3) is 22.6 Å². The molecule has 4 rings (SSSR count). The Morgan fingerprint density at radius 1 is 0.962 bits per heavy atom. The molecule has 0 saturated heterocycles. The van der Waals surface area contributed by atoms with Gasteiger partial charge in [0.1, 0.15) is 11.5 Å². The zero-order chi connectivity index (χ0) is 17.9. The number of rotatable bonds is 4. The maximum Gasteiger partial charge on any atom is 0.157 e. The van der Waals surface area contributed by atoms with Crippen LogP contribution in [0.3, 0.4) is 0 Å². The molecule has 1 atom stereocenters. The third-order valence-corrected chi connectivity index (χ3v) is 4.45. The molecular formula is C21H17FN4. The van der Waals surface area contributed by atoms with Crippen molar-refractivity contribution in [1.29, 1.82) is 0 Å². The molecule has 0 fully saturated rings. The van der Waals surface area contributed by atoms with Crippen LogP contribution in [0.2, 0.25) is 0 Å². The van der Waals surface area contributed by atoms with Gasteiger partial charge in [0.25, 0.3) is 0 Å². The van der Waals surface area contributed by atoms with Gasteiger partial charge in [0.15, 0.2) is 5.82 Å². The van der Waals surface area contributed by atoms with Gasteiger partial charge in [0.2, 0.25) is 0 Å². The minimum Gasteiger partial charge on any atom is -0.340 e. The molecular weight excluding hydrogens is 327 g/mol. The number of imidazole rings is 1. The zero-order valence-electron chi connectivity index (χ0n) is 14.2. The molecule has 0 spiro atoms. The number of hydrogen-bond donors (Lipinski definition) is 1. The average Bonchev–Trinajstić information content (AvgIpc) is 3.19. The van der Waals surface area contributed by atoms with Crippen LogP contribution in [0.5, 0.6) is 0 Å². The smallest absolute Gasteiger partial charge is 0.157 e. The summed E-state index contributed by atoms with van der Waals surface area (Å²) in [6.45, 7) is 2.02. The Balaban J connectivity index is 1.62. The van der Waals surface area contributed by atoms with Crippen molar-refractivity contribution in [2.45, 2.75) is 12.8 Å². The lowest BCUT2D eigenvalue weighted by molar-refractivity contribution is 0.627. The minimum absolute atomic E-state index is 0.0211. The molecule has 2 aromatic heterocycles. The molecule has 1 N–H and O–H groups in total. The summed E-state index contributed by atoms with van der Waals surface area (Å²) in [4.78, 5) is 15.9. The van der Waals surface area contributed by atoms with Gasteiger partial charge in [-0.05, 0) is 17.2 Å². The van der Waals surface area contributed by atoms with Gasteiger partial charge in [-0.15, -0.1) is 0 Å². The Kier molecular flexibility index (Phi) is 4.27. The molecule has 1 unspecified atom stereocenters. The highest BCUT2D eigenvalue weighted by atomic mass is 19.1. The molecule has 4 nitrogen and oxygen atoms in total. The van der Waals surface area contributed by atoms with Gasteiger partial charge < -0.3 is 4.98 Å². The number of nitrogens with one attached hydrogen (secondary N) is 1. The number of nitrogens with zero attached hydrogens (tertiary/aromatic N) is 3. The molecule has 0 amide bonds. The molecule has 0 aliphatic carbocycles. The van der Waals surface area contributed by atoms with Crippen molar-refractivity contribution in [2.24, 2.45) is 0 Å². The summed E-state index contributed by atoms with van der Waals surface area (Å²) in [6, 6.07) is 14.9. The molecule has 5 heteroatoms. The highest BCUT2D eigenvalue weighted by Crippen LogP contribution is 2.29. The first-order valence-corrected chi connectivity index (χ1v) is 8.38. The summed E-state index contributed by atoms with van der Waals surface area (Å²) in [6.07, 6.45) is 6.66. The van der Waals surface area contributed by atoms with Gasteiger partial charge in [-0.1, -0.05) is 49.4 Å². The van der Waals surface area contributed by atoms with Crippen LogP contribution >= 0.6 is 0 Å². The van der Waals surface area contributed by atoms with Crippen LogP contribution in [0.4, 0.5) is 4.39 Å². The largest absolute Gasteiger partial charge is 0.340 e. The highest BCUT2D eigenvalue weighted by Gasteiger charge is 2.15. The minimum atomic E-state index is -0.228. The summed E-state index contributed by atoms with van der Waals surface area (Å²) in [7, 11) is 0. The fraction of sp³-hybridized carbons (Fsp3) is 0.0952. The van der Waals surface area contributed by atoms with Crippen molar-refractivity contribution in [2.75, 3.05) is 0 Å². The van der Waals surface area contributed by atoms with E-state index in [1.165, 1.54) is 0 Å². The fourth-order valence-electron chi connectivity index (χ4n) is 2.94. The van der Waals surface area contributed by atoms with Crippen LogP contribution in [0, 0.1) is 5.82 Å². The Labute approximate surface area is 150 Å². The quantitative estimate of drug-likeness (QED) is 0.577. The van der Waals surface area contributed by atoms with Crippen molar-refractivity contribution in [3.8, 4) is 22.6 Å². The summed E-state index contributed by atoms with van der Waals surface area (Å²) < 4.78 is 14.6. The van der Waals surface area contributed by atoms with E-state index >= 15 is 0 Å². The maximum absolute atomic E-state index is 14.6. The van der Waals surface area contributed by atoms with E-state index in [1.807, 2.05) is 49.4 Å². The van der Waals surface area contributed by atoms with Crippen molar-refractivity contribution in [3.05, 3.63) is 90.4 Å². The predicted molar refractivity (Wildman–Crippen MR) is 99.0 cm³/mol. The second kappa shape index (κ2) is 6.88. The van der Waals surface area contributed by atoms with Crippen LogP contribution in [0.15, 0.2) is 73.3 Å². The van der Waals surface area contributed by atoms with E-state index in [9.17, 15) is 4.39 Å². The lowest BCUT2D eigenvalue weighted by Crippen LogP contribution is -1.98. The van der Waals surface area contributed by atoms with Gasteiger partial charge >= 0.3 is 0 Å². The number of hydrogen-bond acceptors (Lipinski definition) is 3. The molecule has 26 heavy (non-hydrogen) atoms. The second-order valence-electron chi connectivity index (χ2n) is 6.10. The molecule has 0 aliphatic rings. The number of benzene rings is 2. The lowest BCUT2D eigenvalue weighted by atomic mass is 9.95. The third kappa shape index (κ3) is 3.11. The van der Waals surface area contributed by atoms with Crippen LogP contribution in [-0.2, 0) is 0 Å². The number of halogens is 1. The van der Waals surface area contributed by atoms with E-state index in [4.69, 9.17) is 0 Å². The first-order valence-electron chi connectivity index (χ1n) is 8.38. The van der Waals surface area contributed by atoms with E-state index in [-0.39, 0.29) is 11.7 Å². The SMILES string of the molecule is CC(c1ccc(-c2ccccc2)c(F)c1)c1cnc(-c2cnccn2)[nH]1. The normalized spacial score (nSPS) is 12.1. The van der Waals surface area contributed by atoms with Crippen molar-refractivity contribution < 1.29 is 4.39 Å². The highest BCUT2D eigenvalue weighted by molar-refractivity contribution is 5.64. The number of H-pyrrole nitrogens is 1. The van der Waals surface area contributed by atoms with Gasteiger partial charge in [-0.25, -0.2) is 14.4 Å². The Morgan fingerprint density at radius 3 is 2.54 bits per heavy atom. The Morgan fingerprint density at radius 2 is 1.81 bits per heavy atom. The molecule has 4 aromatic rings. The zero-order valence-corrected chi connectivity index (χ0v) is 14.2. The van der Waals surface area contributed by atoms with Crippen LogP contribution < -0.4 is 0 Å². The van der Waals surface area contributed by atoms with Crippen molar-refractivity contribution >= 4 is 0 Å². The summed E-state index contributed by atoms with van der Waals surface area (Å²) in [5.41, 5.74) is 3.94. The average molecular weight is 344 g/mol. The fourth-order valence-corrected chi connectivity index (χ4v) is 2.94. The van der Waals surface area contributed by atoms with Crippen LogP contribution in [0.1, 0.15) is 24.1 Å². The summed E-state index contributed by atoms with van der Waals surface area (Å²) >= 11 is 0. The lowest BCUT2D eigenvalue weighted by Gasteiger charge is -2.12. The van der Waals surface area contributed by atoms with E-state index in [1.54, 1.807) is 30.9 Å². The van der Waals surface area contributed by atoms with Gasteiger partial charge in [0.05, 0.1) is 6.20 Å². The van der Waals surface area contributed by atoms with Crippen molar-refractivity contribution in [1.82, 2.24) is 19.9 Å². The van der Waals surface area contributed by atoms with Gasteiger partial charge in [-0.2, -0.15) is 0 Å². The van der Waals surface area contributed by atoms with E-state index in [2.05, 4.69) is 19.9 Å². The van der Waals surface area contributed by atoms with Crippen LogP contribution in [-0.4, -0.2) is 19.9 Å². The molecule has 0 saturated carbocycles. The molecule has 128 valence electrons. The number of aromatic amines is 1. The Bertz CT molecular complexity index is 1010. The topological polar surface area (TPSA) is 54.5 Å². The molecule has 2 aromatic carbocycles. The first kappa shape index (κ1) is 16.1. The second-order valence-corrected chi connectivity index (χ2v) is 6.10. The first-order chi connectivity index (χ1) is 12.7. The molecule has 0 aliphatic heterocycles. The van der Waals surface area contributed by atoms with E-state index in [0.717, 1.165) is 16.8 Å². The third-order valence-electron chi connectivity index (χ3n) is 4.45. The predicted octanol–water partition coefficient (Wildman–Crippen LogP) is 4.82. The van der Waals surface area contributed by atoms with E-state index < -0.39 is 0 Å². The van der Waals surface area contributed by atoms with Crippen molar-refractivity contribution in [3.63, 3.8) is 0 Å². The monoisotopic (exact) mass is 344 g/mol. The molecule has 0 radical (unpaired) electrons. The standard InChI is InChI=1S/C21H17FN4/c1-14(19-13-25-21(26-19)20-12-23-9-10-24-20)16-7-8-17(18(22)11-16)15-5-3-2-4-6-15/h2-14H,1H3,(H,25,26). The molecule has 2 heterocycles. The van der Waals surface area contributed by atoms with Gasteiger partial charge in [0, 0.05) is 35.8 Å². The molecule has 0 bridgehead atoms. The Hall–Kier alpha value is -3.34. The summed E-state index contributed by atoms with van der Waals surface area (Å²) in [5.74, 6) is 0.405. The van der Waals surface area contributed by atoms with Gasteiger partial charge in [-0.3, -0.25) is 4.98 Å². The van der Waals surface area contributed by atoms with E-state index in [0.29, 0.717) is 17.1 Å². The maximum atomic E-state index is 14.6. The summed E-state index contributed by atoms with van der Waals surface area (Å²) in [5, 5.41) is 0.